The molecule has 3 rings (SSSR count). The fourth-order valence-electron chi connectivity index (χ4n) is 3.20. The molecule has 1 aromatic heterocycles. The lowest BCUT2D eigenvalue weighted by Crippen LogP contribution is -2.36. The van der Waals surface area contributed by atoms with E-state index in [0.717, 1.165) is 57.4 Å². The molecule has 1 saturated heterocycles. The first-order valence-corrected chi connectivity index (χ1v) is 8.70. The summed E-state index contributed by atoms with van der Waals surface area (Å²) >= 11 is 0. The van der Waals surface area contributed by atoms with Crippen molar-refractivity contribution < 1.29 is 9.47 Å². The standard InChI is InChI=1S/C19H27N3O2/c1-16-20-7-9-22(16)15-18-14-17(5-6-19(18)23-2)4-3-8-21-10-12-24-13-11-21/h5-7,9,14H,3-4,8,10-13,15H2,1-2H3. The zero-order valence-corrected chi connectivity index (χ0v) is 14.7. The number of imidazole rings is 1. The van der Waals surface area contributed by atoms with Gasteiger partial charge in [0.05, 0.1) is 26.9 Å². The van der Waals surface area contributed by atoms with Crippen LogP contribution < -0.4 is 4.74 Å². The number of aryl methyl sites for hydroxylation is 2. The van der Waals surface area contributed by atoms with E-state index < -0.39 is 0 Å². The SMILES string of the molecule is COc1ccc(CCCN2CCOCC2)cc1Cn1ccnc1C. The van der Waals surface area contributed by atoms with E-state index in [1.165, 1.54) is 17.5 Å². The first-order chi connectivity index (χ1) is 11.8. The Hall–Kier alpha value is -1.85. The molecule has 5 nitrogen and oxygen atoms in total. The molecule has 24 heavy (non-hydrogen) atoms. The first kappa shape index (κ1) is 17.0. The second-order valence-electron chi connectivity index (χ2n) is 6.31. The highest BCUT2D eigenvalue weighted by atomic mass is 16.5. The van der Waals surface area contributed by atoms with Gasteiger partial charge >= 0.3 is 0 Å². The fraction of sp³-hybridized carbons (Fsp3) is 0.526. The molecular weight excluding hydrogens is 302 g/mol. The molecule has 2 heterocycles. The molecule has 1 aromatic carbocycles. The highest BCUT2D eigenvalue weighted by molar-refractivity contribution is 5.37. The maximum Gasteiger partial charge on any atom is 0.123 e. The molecule has 2 aromatic rings. The van der Waals surface area contributed by atoms with Crippen LogP contribution in [0.1, 0.15) is 23.4 Å². The van der Waals surface area contributed by atoms with Gasteiger partial charge in [0.25, 0.3) is 0 Å². The summed E-state index contributed by atoms with van der Waals surface area (Å²) in [4.78, 5) is 6.79. The normalized spacial score (nSPS) is 15.6. The fourth-order valence-corrected chi connectivity index (χ4v) is 3.20. The lowest BCUT2D eigenvalue weighted by atomic mass is 10.0. The lowest BCUT2D eigenvalue weighted by Gasteiger charge is -2.26. The number of ether oxygens (including phenoxy) is 2. The minimum absolute atomic E-state index is 0.798. The second-order valence-corrected chi connectivity index (χ2v) is 6.31. The van der Waals surface area contributed by atoms with Crippen molar-refractivity contribution in [3.05, 3.63) is 47.5 Å². The molecule has 0 bridgehead atoms. The third kappa shape index (κ3) is 4.36. The van der Waals surface area contributed by atoms with Gasteiger partial charge < -0.3 is 14.0 Å². The average Bonchev–Trinajstić information content (AvgIpc) is 3.01. The highest BCUT2D eigenvalue weighted by Gasteiger charge is 2.10. The van der Waals surface area contributed by atoms with Crippen LogP contribution in [0.15, 0.2) is 30.6 Å². The van der Waals surface area contributed by atoms with Gasteiger partial charge in [-0.3, -0.25) is 4.90 Å². The molecule has 0 radical (unpaired) electrons. The summed E-state index contributed by atoms with van der Waals surface area (Å²) < 4.78 is 13.1. The molecule has 0 unspecified atom stereocenters. The molecule has 5 heteroatoms. The van der Waals surface area contributed by atoms with Gasteiger partial charge in [0, 0.05) is 31.0 Å². The van der Waals surface area contributed by atoms with Crippen molar-refractivity contribution in [3.8, 4) is 5.75 Å². The summed E-state index contributed by atoms with van der Waals surface area (Å²) in [5.74, 6) is 1.97. The van der Waals surface area contributed by atoms with Crippen molar-refractivity contribution in [3.63, 3.8) is 0 Å². The molecule has 130 valence electrons. The summed E-state index contributed by atoms with van der Waals surface area (Å²) in [5.41, 5.74) is 2.58. The van der Waals surface area contributed by atoms with Crippen molar-refractivity contribution in [1.29, 1.82) is 0 Å². The van der Waals surface area contributed by atoms with Gasteiger partial charge in [-0.2, -0.15) is 0 Å². The largest absolute Gasteiger partial charge is 0.496 e. The summed E-state index contributed by atoms with van der Waals surface area (Å²) in [5, 5.41) is 0. The highest BCUT2D eigenvalue weighted by Crippen LogP contribution is 2.22. The van der Waals surface area contributed by atoms with E-state index in [2.05, 4.69) is 32.7 Å². The Morgan fingerprint density at radius 1 is 1.25 bits per heavy atom. The number of hydrogen-bond acceptors (Lipinski definition) is 4. The number of hydrogen-bond donors (Lipinski definition) is 0. The van der Waals surface area contributed by atoms with E-state index in [1.54, 1.807) is 7.11 Å². The molecular formula is C19H27N3O2. The summed E-state index contributed by atoms with van der Waals surface area (Å²) in [6, 6.07) is 6.55. The molecule has 0 aliphatic carbocycles. The van der Waals surface area contributed by atoms with E-state index in [1.807, 2.05) is 19.3 Å². The van der Waals surface area contributed by atoms with Crippen LogP contribution in [0.25, 0.3) is 0 Å². The zero-order chi connectivity index (χ0) is 16.8. The number of methoxy groups -OCH3 is 1. The van der Waals surface area contributed by atoms with Gasteiger partial charge in [-0.05, 0) is 37.9 Å². The van der Waals surface area contributed by atoms with Crippen LogP contribution in [0.3, 0.4) is 0 Å². The van der Waals surface area contributed by atoms with Crippen LogP contribution in [0.2, 0.25) is 0 Å². The lowest BCUT2D eigenvalue weighted by molar-refractivity contribution is 0.0374. The van der Waals surface area contributed by atoms with Crippen LogP contribution in [0, 0.1) is 6.92 Å². The monoisotopic (exact) mass is 329 g/mol. The Labute approximate surface area is 144 Å². The Kier molecular flexibility index (Phi) is 5.88. The van der Waals surface area contributed by atoms with Crippen molar-refractivity contribution >= 4 is 0 Å². The molecule has 1 fully saturated rings. The molecule has 0 amide bonds. The minimum Gasteiger partial charge on any atom is -0.496 e. The van der Waals surface area contributed by atoms with Gasteiger partial charge in [0.2, 0.25) is 0 Å². The average molecular weight is 329 g/mol. The van der Waals surface area contributed by atoms with E-state index in [4.69, 9.17) is 9.47 Å². The summed E-state index contributed by atoms with van der Waals surface area (Å²) in [7, 11) is 1.73. The number of rotatable bonds is 7. The van der Waals surface area contributed by atoms with E-state index in [9.17, 15) is 0 Å². The Balaban J connectivity index is 1.61. The zero-order valence-electron chi connectivity index (χ0n) is 14.7. The van der Waals surface area contributed by atoms with E-state index in [0.29, 0.717) is 0 Å². The topological polar surface area (TPSA) is 39.5 Å². The molecule has 0 saturated carbocycles. The molecule has 0 spiro atoms. The van der Waals surface area contributed by atoms with Gasteiger partial charge in [0.1, 0.15) is 11.6 Å². The Morgan fingerprint density at radius 3 is 2.79 bits per heavy atom. The van der Waals surface area contributed by atoms with Gasteiger partial charge in [-0.1, -0.05) is 12.1 Å². The Bertz CT molecular complexity index is 648. The van der Waals surface area contributed by atoms with E-state index in [-0.39, 0.29) is 0 Å². The van der Waals surface area contributed by atoms with E-state index >= 15 is 0 Å². The summed E-state index contributed by atoms with van der Waals surface area (Å²) in [6.45, 7) is 7.84. The maximum absolute atomic E-state index is 5.53. The van der Waals surface area contributed by atoms with Gasteiger partial charge in [0.15, 0.2) is 0 Å². The second kappa shape index (κ2) is 8.31. The molecule has 1 aliphatic heterocycles. The number of benzene rings is 1. The van der Waals surface area contributed by atoms with Crippen molar-refractivity contribution in [2.75, 3.05) is 40.0 Å². The first-order valence-electron chi connectivity index (χ1n) is 8.70. The Morgan fingerprint density at radius 2 is 2.08 bits per heavy atom. The predicted octanol–water partition coefficient (Wildman–Crippen LogP) is 2.51. The van der Waals surface area contributed by atoms with Crippen LogP contribution in [-0.2, 0) is 17.7 Å². The van der Waals surface area contributed by atoms with Crippen molar-refractivity contribution in [1.82, 2.24) is 14.5 Å². The minimum atomic E-state index is 0.798. The number of morpholine rings is 1. The van der Waals surface area contributed by atoms with Crippen LogP contribution in [-0.4, -0.2) is 54.4 Å². The molecule has 0 N–H and O–H groups in total. The third-order valence-corrected chi connectivity index (χ3v) is 4.65. The third-order valence-electron chi connectivity index (χ3n) is 4.65. The smallest absolute Gasteiger partial charge is 0.123 e. The van der Waals surface area contributed by atoms with Gasteiger partial charge in [-0.25, -0.2) is 4.98 Å². The quantitative estimate of drug-likeness (QED) is 0.782. The van der Waals surface area contributed by atoms with Crippen LogP contribution >= 0.6 is 0 Å². The van der Waals surface area contributed by atoms with Crippen molar-refractivity contribution in [2.45, 2.75) is 26.3 Å². The summed E-state index contributed by atoms with van der Waals surface area (Å²) in [6.07, 6.45) is 6.13. The van der Waals surface area contributed by atoms with Crippen molar-refractivity contribution in [2.24, 2.45) is 0 Å². The molecule has 1 aliphatic rings. The maximum atomic E-state index is 5.53. The number of nitrogens with zero attached hydrogens (tertiary/aromatic N) is 3. The van der Waals surface area contributed by atoms with Gasteiger partial charge in [-0.15, -0.1) is 0 Å². The molecule has 0 atom stereocenters. The van der Waals surface area contributed by atoms with Crippen LogP contribution in [0.4, 0.5) is 0 Å². The number of aromatic nitrogens is 2. The predicted molar refractivity (Wildman–Crippen MR) is 94.6 cm³/mol. The van der Waals surface area contributed by atoms with Crippen LogP contribution in [0.5, 0.6) is 5.75 Å².